The molecule has 2 N–H and O–H groups in total. The molecular weight excluding hydrogens is 300 g/mol. The van der Waals surface area contributed by atoms with Crippen LogP contribution in [-0.4, -0.2) is 18.4 Å². The van der Waals surface area contributed by atoms with E-state index in [0.717, 1.165) is 11.3 Å². The summed E-state index contributed by atoms with van der Waals surface area (Å²) in [6, 6.07) is 10.8. The van der Waals surface area contributed by atoms with Crippen LogP contribution in [0.5, 0.6) is 11.5 Å². The molecule has 0 unspecified atom stereocenters. The Hall–Kier alpha value is -2.20. The van der Waals surface area contributed by atoms with Crippen molar-refractivity contribution in [3.05, 3.63) is 52.5 Å². The zero-order valence-corrected chi connectivity index (χ0v) is 14.0. The van der Waals surface area contributed by atoms with Crippen molar-refractivity contribution in [2.24, 2.45) is 5.10 Å². The first-order valence-electron chi connectivity index (χ1n) is 7.02. The van der Waals surface area contributed by atoms with Crippen molar-refractivity contribution >= 4 is 23.5 Å². The van der Waals surface area contributed by atoms with Crippen LogP contribution in [0.1, 0.15) is 25.0 Å². The van der Waals surface area contributed by atoms with E-state index in [-0.39, 0.29) is 5.75 Å². The van der Waals surface area contributed by atoms with E-state index in [1.807, 2.05) is 39.0 Å². The summed E-state index contributed by atoms with van der Waals surface area (Å²) >= 11 is 5.80. The van der Waals surface area contributed by atoms with Gasteiger partial charge in [0.05, 0.1) is 19.0 Å². The molecule has 0 fully saturated rings. The standard InChI is InChI=1S/C15H15ClN2O2.C2H6/c1-10-7-11(15(19)14(8-10)20-2)9-17-18-13-5-3-12(16)4-6-13;1-2/h3-9,18-19H,1-2H3;1-2H3/b17-9+;. The average molecular weight is 321 g/mol. The number of ether oxygens (including phenoxy) is 1. The molecule has 0 aliphatic heterocycles. The zero-order chi connectivity index (χ0) is 16.5. The molecule has 0 aromatic heterocycles. The molecule has 0 saturated carbocycles. The third kappa shape index (κ3) is 4.97. The Morgan fingerprint density at radius 3 is 2.41 bits per heavy atom. The first-order valence-corrected chi connectivity index (χ1v) is 7.40. The lowest BCUT2D eigenvalue weighted by Crippen LogP contribution is -1.93. The molecule has 0 amide bonds. The van der Waals surface area contributed by atoms with Crippen molar-refractivity contribution in [2.45, 2.75) is 20.8 Å². The molecule has 5 heteroatoms. The summed E-state index contributed by atoms with van der Waals surface area (Å²) in [6.07, 6.45) is 1.54. The number of aryl methyl sites for hydroxylation is 1. The molecular formula is C17H21ClN2O2. The molecule has 4 nitrogen and oxygen atoms in total. The third-order valence-electron chi connectivity index (χ3n) is 2.71. The minimum atomic E-state index is 0.0692. The number of hydrogen-bond donors (Lipinski definition) is 2. The Morgan fingerprint density at radius 1 is 1.18 bits per heavy atom. The van der Waals surface area contributed by atoms with E-state index in [2.05, 4.69) is 10.5 Å². The molecule has 0 saturated heterocycles. The summed E-state index contributed by atoms with van der Waals surface area (Å²) < 4.78 is 5.10. The van der Waals surface area contributed by atoms with Crippen molar-refractivity contribution in [3.63, 3.8) is 0 Å². The highest BCUT2D eigenvalue weighted by Gasteiger charge is 2.07. The van der Waals surface area contributed by atoms with Crippen LogP contribution in [-0.2, 0) is 0 Å². The van der Waals surface area contributed by atoms with Gasteiger partial charge in [-0.15, -0.1) is 0 Å². The topological polar surface area (TPSA) is 53.8 Å². The quantitative estimate of drug-likeness (QED) is 0.626. The summed E-state index contributed by atoms with van der Waals surface area (Å²) in [6.45, 7) is 5.92. The second-order valence-electron chi connectivity index (χ2n) is 4.28. The SMILES string of the molecule is CC.COc1cc(C)cc(/C=N/Nc2ccc(Cl)cc2)c1O. The summed E-state index contributed by atoms with van der Waals surface area (Å²) in [5.74, 6) is 0.498. The van der Waals surface area contributed by atoms with Crippen LogP contribution in [0.25, 0.3) is 0 Å². The number of nitrogens with one attached hydrogen (secondary N) is 1. The number of hydrogen-bond acceptors (Lipinski definition) is 4. The fraction of sp³-hybridized carbons (Fsp3) is 0.235. The normalized spacial score (nSPS) is 10.0. The van der Waals surface area contributed by atoms with Crippen molar-refractivity contribution in [2.75, 3.05) is 12.5 Å². The number of anilines is 1. The van der Waals surface area contributed by atoms with Crippen molar-refractivity contribution in [1.82, 2.24) is 0 Å². The molecule has 118 valence electrons. The number of phenols is 1. The van der Waals surface area contributed by atoms with Gasteiger partial charge >= 0.3 is 0 Å². The van der Waals surface area contributed by atoms with E-state index < -0.39 is 0 Å². The summed E-state index contributed by atoms with van der Waals surface area (Å²) in [5, 5.41) is 14.7. The zero-order valence-electron chi connectivity index (χ0n) is 13.2. The van der Waals surface area contributed by atoms with Crippen molar-refractivity contribution < 1.29 is 9.84 Å². The molecule has 0 bridgehead atoms. The van der Waals surface area contributed by atoms with Crippen LogP contribution in [0.2, 0.25) is 5.02 Å². The predicted octanol–water partition coefficient (Wildman–Crippen LogP) is 4.83. The molecule has 0 spiro atoms. The van der Waals surface area contributed by atoms with Crippen LogP contribution in [0.4, 0.5) is 5.69 Å². The van der Waals surface area contributed by atoms with Gasteiger partial charge in [0.15, 0.2) is 11.5 Å². The van der Waals surface area contributed by atoms with Gasteiger partial charge in [0.2, 0.25) is 0 Å². The Bertz CT molecular complexity index is 625. The predicted molar refractivity (Wildman–Crippen MR) is 93.4 cm³/mol. The van der Waals surface area contributed by atoms with Crippen molar-refractivity contribution in [3.8, 4) is 11.5 Å². The fourth-order valence-corrected chi connectivity index (χ4v) is 1.85. The monoisotopic (exact) mass is 320 g/mol. The number of aromatic hydroxyl groups is 1. The van der Waals surface area contributed by atoms with Gasteiger partial charge < -0.3 is 9.84 Å². The first-order chi connectivity index (χ1) is 10.6. The van der Waals surface area contributed by atoms with Gasteiger partial charge in [-0.1, -0.05) is 25.4 Å². The number of benzene rings is 2. The molecule has 2 aromatic rings. The van der Waals surface area contributed by atoms with Gasteiger partial charge in [0.25, 0.3) is 0 Å². The van der Waals surface area contributed by atoms with Gasteiger partial charge in [-0.05, 0) is 48.9 Å². The lowest BCUT2D eigenvalue weighted by atomic mass is 10.1. The number of halogens is 1. The Morgan fingerprint density at radius 2 is 1.82 bits per heavy atom. The van der Waals surface area contributed by atoms with E-state index in [4.69, 9.17) is 16.3 Å². The number of rotatable bonds is 4. The highest BCUT2D eigenvalue weighted by atomic mass is 35.5. The molecule has 0 radical (unpaired) electrons. The van der Waals surface area contributed by atoms with Gasteiger partial charge in [-0.2, -0.15) is 5.10 Å². The summed E-state index contributed by atoms with van der Waals surface area (Å²) in [4.78, 5) is 0. The van der Waals surface area contributed by atoms with Crippen LogP contribution in [0.3, 0.4) is 0 Å². The molecule has 22 heavy (non-hydrogen) atoms. The number of hydrazone groups is 1. The maximum absolute atomic E-state index is 9.99. The Kier molecular flexibility index (Phi) is 7.26. The fourth-order valence-electron chi connectivity index (χ4n) is 1.73. The van der Waals surface area contributed by atoms with Gasteiger partial charge in [-0.25, -0.2) is 0 Å². The van der Waals surface area contributed by atoms with Crippen LogP contribution < -0.4 is 10.2 Å². The van der Waals surface area contributed by atoms with Crippen molar-refractivity contribution in [1.29, 1.82) is 0 Å². The Labute approximate surface area is 136 Å². The minimum Gasteiger partial charge on any atom is -0.504 e. The maximum Gasteiger partial charge on any atom is 0.166 e. The van der Waals surface area contributed by atoms with Crippen LogP contribution in [0, 0.1) is 6.92 Å². The van der Waals surface area contributed by atoms with E-state index in [0.29, 0.717) is 16.3 Å². The van der Waals surface area contributed by atoms with Crippen LogP contribution >= 0.6 is 11.6 Å². The highest BCUT2D eigenvalue weighted by Crippen LogP contribution is 2.30. The van der Waals surface area contributed by atoms with E-state index >= 15 is 0 Å². The van der Waals surface area contributed by atoms with Gasteiger partial charge in [-0.3, -0.25) is 5.43 Å². The van der Waals surface area contributed by atoms with E-state index in [1.54, 1.807) is 24.4 Å². The smallest absolute Gasteiger partial charge is 0.166 e. The van der Waals surface area contributed by atoms with Gasteiger partial charge in [0.1, 0.15) is 0 Å². The Balaban J connectivity index is 0.00000116. The highest BCUT2D eigenvalue weighted by molar-refractivity contribution is 6.30. The molecule has 2 aromatic carbocycles. The number of nitrogens with zero attached hydrogens (tertiary/aromatic N) is 1. The van der Waals surface area contributed by atoms with E-state index in [1.165, 1.54) is 7.11 Å². The maximum atomic E-state index is 9.99. The lowest BCUT2D eigenvalue weighted by Gasteiger charge is -2.07. The van der Waals surface area contributed by atoms with Gasteiger partial charge in [0, 0.05) is 10.6 Å². The van der Waals surface area contributed by atoms with Crippen LogP contribution in [0.15, 0.2) is 41.5 Å². The molecule has 0 aliphatic carbocycles. The first kappa shape index (κ1) is 17.9. The molecule has 2 rings (SSSR count). The van der Waals surface area contributed by atoms with E-state index in [9.17, 15) is 5.11 Å². The minimum absolute atomic E-state index is 0.0692. The number of methoxy groups -OCH3 is 1. The summed E-state index contributed by atoms with van der Waals surface area (Å²) in [5.41, 5.74) is 5.24. The number of phenolic OH excluding ortho intramolecular Hbond substituents is 1. The lowest BCUT2D eigenvalue weighted by molar-refractivity contribution is 0.373. The summed E-state index contributed by atoms with van der Waals surface area (Å²) in [7, 11) is 1.52. The second-order valence-corrected chi connectivity index (χ2v) is 4.72. The average Bonchev–Trinajstić information content (AvgIpc) is 2.54. The molecule has 0 aliphatic rings. The largest absolute Gasteiger partial charge is 0.504 e. The molecule has 0 heterocycles. The second kappa shape index (κ2) is 8.95. The molecule has 0 atom stereocenters. The third-order valence-corrected chi connectivity index (χ3v) is 2.96.